The molecule has 0 aliphatic rings. The predicted molar refractivity (Wildman–Crippen MR) is 85.9 cm³/mol. The second kappa shape index (κ2) is 31.5. The summed E-state index contributed by atoms with van der Waals surface area (Å²) in [7, 11) is 0. The average Bonchev–Trinajstić information content (AvgIpc) is 2.43. The van der Waals surface area contributed by atoms with Gasteiger partial charge in [0.25, 0.3) is 0 Å². The first-order valence-electron chi connectivity index (χ1n) is 8.97. The van der Waals surface area contributed by atoms with Gasteiger partial charge in [0.1, 0.15) is 0 Å². The SMILES string of the molecule is CCCCCCCCCCCCCCCCCC(=O)[O-].[O-2].[O-2].[Ti+4].[Zn+2]. The largest absolute Gasteiger partial charge is 4.00 e. The van der Waals surface area contributed by atoms with Crippen LogP contribution in [0.1, 0.15) is 110 Å². The number of hydrogen-bond donors (Lipinski definition) is 0. The van der Waals surface area contributed by atoms with Crippen LogP contribution in [0.4, 0.5) is 0 Å². The van der Waals surface area contributed by atoms with Crippen LogP contribution in [0.2, 0.25) is 0 Å². The second-order valence-corrected chi connectivity index (χ2v) is 6.07. The van der Waals surface area contributed by atoms with E-state index in [1.165, 1.54) is 83.5 Å². The predicted octanol–water partition coefficient (Wildman–Crippen LogP) is 4.76. The van der Waals surface area contributed by atoms with Crippen LogP contribution in [0.15, 0.2) is 0 Å². The Morgan fingerprint density at radius 3 is 1.12 bits per heavy atom. The fourth-order valence-corrected chi connectivity index (χ4v) is 2.64. The number of unbranched alkanes of at least 4 members (excludes halogenated alkanes) is 14. The van der Waals surface area contributed by atoms with Gasteiger partial charge in [0.2, 0.25) is 0 Å². The Morgan fingerprint density at radius 2 is 0.875 bits per heavy atom. The van der Waals surface area contributed by atoms with Gasteiger partial charge in [-0.1, -0.05) is 96.8 Å². The van der Waals surface area contributed by atoms with E-state index in [1.807, 2.05) is 0 Å². The first-order valence-corrected chi connectivity index (χ1v) is 8.97. The summed E-state index contributed by atoms with van der Waals surface area (Å²) in [5.74, 6) is -0.903. The molecule has 0 saturated heterocycles. The molecule has 0 N–H and O–H groups in total. The zero-order valence-electron chi connectivity index (χ0n) is 15.7. The molecule has 0 saturated carbocycles. The minimum absolute atomic E-state index is 0. The van der Waals surface area contributed by atoms with Crippen molar-refractivity contribution in [1.29, 1.82) is 0 Å². The van der Waals surface area contributed by atoms with Crippen molar-refractivity contribution in [2.75, 3.05) is 0 Å². The standard InChI is InChI=1S/C18H36O2.2O.Ti.Zn/c1-2-3-4-5-6-7-8-9-10-11-12-13-14-15-16-17-18(19)20;;;;/h2-17H2,1H3,(H,19,20);;;;/q;2*-2;+4;+2/p-1. The number of carboxylic acid groups (broad SMARTS) is 1. The summed E-state index contributed by atoms with van der Waals surface area (Å²) in [6, 6.07) is 0. The molecule has 136 valence electrons. The third-order valence-corrected chi connectivity index (χ3v) is 3.98. The van der Waals surface area contributed by atoms with Gasteiger partial charge >= 0.3 is 41.2 Å². The summed E-state index contributed by atoms with van der Waals surface area (Å²) in [5.41, 5.74) is 0. The van der Waals surface area contributed by atoms with E-state index in [9.17, 15) is 9.90 Å². The maximum Gasteiger partial charge on any atom is 4.00 e. The van der Waals surface area contributed by atoms with E-state index in [2.05, 4.69) is 6.92 Å². The van der Waals surface area contributed by atoms with Gasteiger partial charge in [0.05, 0.1) is 0 Å². The van der Waals surface area contributed by atoms with Gasteiger partial charge in [-0.05, 0) is 12.8 Å². The minimum atomic E-state index is -0.903. The van der Waals surface area contributed by atoms with Gasteiger partial charge in [-0.25, -0.2) is 0 Å². The maximum absolute atomic E-state index is 10.2. The van der Waals surface area contributed by atoms with Crippen molar-refractivity contribution in [3.8, 4) is 0 Å². The Bertz CT molecular complexity index is 219. The number of aliphatic carboxylic acids is 1. The van der Waals surface area contributed by atoms with Crippen molar-refractivity contribution in [3.05, 3.63) is 0 Å². The van der Waals surface area contributed by atoms with Crippen molar-refractivity contribution in [2.24, 2.45) is 0 Å². The van der Waals surface area contributed by atoms with Gasteiger partial charge < -0.3 is 20.9 Å². The molecule has 0 radical (unpaired) electrons. The van der Waals surface area contributed by atoms with Crippen LogP contribution in [0, 0.1) is 0 Å². The summed E-state index contributed by atoms with van der Waals surface area (Å²) in [4.78, 5) is 10.2. The molecule has 0 amide bonds. The van der Waals surface area contributed by atoms with E-state index in [1.54, 1.807) is 0 Å². The fourth-order valence-electron chi connectivity index (χ4n) is 2.64. The zero-order valence-corrected chi connectivity index (χ0v) is 20.2. The van der Waals surface area contributed by atoms with Crippen LogP contribution < -0.4 is 5.11 Å². The van der Waals surface area contributed by atoms with Crippen LogP contribution >= 0.6 is 0 Å². The molecule has 6 heteroatoms. The van der Waals surface area contributed by atoms with E-state index >= 15 is 0 Å². The molecule has 0 aromatic heterocycles. The molecule has 0 unspecified atom stereocenters. The topological polar surface area (TPSA) is 97.1 Å². The molecule has 0 aliphatic heterocycles. The summed E-state index contributed by atoms with van der Waals surface area (Å²) in [5, 5.41) is 10.2. The van der Waals surface area contributed by atoms with Gasteiger partial charge in [0, 0.05) is 5.97 Å². The monoisotopic (exact) mass is 427 g/mol. The van der Waals surface area contributed by atoms with Crippen LogP contribution in [0.3, 0.4) is 0 Å². The van der Waals surface area contributed by atoms with Crippen molar-refractivity contribution < 1.29 is 62.0 Å². The van der Waals surface area contributed by atoms with E-state index < -0.39 is 5.97 Å². The molecule has 4 nitrogen and oxygen atoms in total. The molecule has 0 atom stereocenters. The molecule has 24 heavy (non-hydrogen) atoms. The Hall–Kier alpha value is 0.728. The van der Waals surface area contributed by atoms with Crippen LogP contribution in [-0.4, -0.2) is 5.97 Å². The van der Waals surface area contributed by atoms with E-state index in [-0.39, 0.29) is 58.6 Å². The van der Waals surface area contributed by atoms with Gasteiger partial charge in [-0.3, -0.25) is 0 Å². The van der Waals surface area contributed by atoms with Crippen LogP contribution in [0.25, 0.3) is 0 Å². The van der Waals surface area contributed by atoms with Crippen molar-refractivity contribution >= 4 is 5.97 Å². The molecule has 0 aromatic rings. The Kier molecular flexibility index (Phi) is 46.9. The van der Waals surface area contributed by atoms with Crippen LogP contribution in [-0.2, 0) is 56.9 Å². The first kappa shape index (κ1) is 35.8. The molecule has 0 fully saturated rings. The summed E-state index contributed by atoms with van der Waals surface area (Å²) in [6.07, 6.45) is 19.9. The van der Waals surface area contributed by atoms with Gasteiger partial charge in [0.15, 0.2) is 0 Å². The zero-order chi connectivity index (χ0) is 14.9. The molecule has 0 spiro atoms. The quantitative estimate of drug-likeness (QED) is 0.262. The first-order chi connectivity index (χ1) is 9.77. The number of carboxylic acids is 1. The van der Waals surface area contributed by atoms with Crippen molar-refractivity contribution in [3.63, 3.8) is 0 Å². The number of carbonyl (C=O) groups excluding carboxylic acids is 1. The van der Waals surface area contributed by atoms with Gasteiger partial charge in [-0.2, -0.15) is 0 Å². The van der Waals surface area contributed by atoms with Gasteiger partial charge in [-0.15, -0.1) is 0 Å². The fraction of sp³-hybridized carbons (Fsp3) is 0.944. The third kappa shape index (κ3) is 34.1. The number of rotatable bonds is 16. The summed E-state index contributed by atoms with van der Waals surface area (Å²) >= 11 is 0. The second-order valence-electron chi connectivity index (χ2n) is 6.07. The minimum Gasteiger partial charge on any atom is -2.00 e. The normalized spacial score (nSPS) is 9.04. The molecule has 0 heterocycles. The maximum atomic E-state index is 10.2. The average molecular weight is 429 g/mol. The molecular weight excluding hydrogens is 393 g/mol. The number of hydrogen-bond acceptors (Lipinski definition) is 2. The summed E-state index contributed by atoms with van der Waals surface area (Å²) < 4.78 is 0. The van der Waals surface area contributed by atoms with Crippen molar-refractivity contribution in [1.82, 2.24) is 0 Å². The van der Waals surface area contributed by atoms with E-state index in [0.717, 1.165) is 12.8 Å². The third-order valence-electron chi connectivity index (χ3n) is 3.98. The smallest absolute Gasteiger partial charge is 2.00 e. The van der Waals surface area contributed by atoms with E-state index in [0.29, 0.717) is 0 Å². The molecule has 0 rings (SSSR count). The Morgan fingerprint density at radius 1 is 0.625 bits per heavy atom. The number of carbonyl (C=O) groups is 1. The molecule has 0 aliphatic carbocycles. The van der Waals surface area contributed by atoms with Crippen LogP contribution in [0.5, 0.6) is 0 Å². The summed E-state index contributed by atoms with van der Waals surface area (Å²) in [6.45, 7) is 2.27. The Labute approximate surface area is 177 Å². The Balaban J connectivity index is -0.000000301. The molecule has 0 aromatic carbocycles. The van der Waals surface area contributed by atoms with Crippen molar-refractivity contribution in [2.45, 2.75) is 110 Å². The molecule has 0 bridgehead atoms. The van der Waals surface area contributed by atoms with E-state index in [4.69, 9.17) is 0 Å². The molecular formula is C18H35O4TiZn+.